The number of benzene rings is 3. The summed E-state index contributed by atoms with van der Waals surface area (Å²) in [5.74, 6) is -5.73. The quantitative estimate of drug-likeness (QED) is 0.0231. The smallest absolute Gasteiger partial charge is 0.326 e. The SMILES string of the molecule is CCN1CCN(CC(=O)O)CCN(CC(=O)O)CCN(CC(=O)N[C@@H](CCC(=O)NCCCOCCOCCOCCCNS(=O)(=O)c2ccc(-c3ccc(S(=O)(=O)N[C@@H](CNC(=O)c4ccc5c(cnn5CCCNc5ncc[nH]5)c4)C(=O)O)cc3)cc2)C(=O)O)CC1. The van der Waals surface area contributed by atoms with Crippen molar-refractivity contribution in [3.63, 3.8) is 0 Å². The van der Waals surface area contributed by atoms with E-state index in [0.717, 1.165) is 11.9 Å². The molecule has 1 aliphatic rings. The summed E-state index contributed by atoms with van der Waals surface area (Å²) in [6, 6.07) is 13.4. The van der Waals surface area contributed by atoms with E-state index in [2.05, 4.69) is 50.7 Å². The number of aliphatic carboxylic acids is 4. The van der Waals surface area contributed by atoms with E-state index >= 15 is 0 Å². The van der Waals surface area contributed by atoms with E-state index in [1.807, 2.05) is 11.8 Å². The second-order valence-electron chi connectivity index (χ2n) is 22.0. The number of rotatable bonds is 41. The van der Waals surface area contributed by atoms with Gasteiger partial charge in [-0.25, -0.2) is 31.3 Å². The van der Waals surface area contributed by atoms with Crippen LogP contribution in [0.2, 0.25) is 0 Å². The van der Waals surface area contributed by atoms with E-state index in [1.165, 1.54) is 36.4 Å². The molecule has 6 rings (SSSR count). The number of aryl methyl sites for hydroxylation is 1. The number of carboxylic acid groups (broad SMARTS) is 4. The molecule has 2 atom stereocenters. The Morgan fingerprint density at radius 2 is 1.15 bits per heavy atom. The summed E-state index contributed by atoms with van der Waals surface area (Å²) in [5.41, 5.74) is 2.16. The zero-order valence-corrected chi connectivity index (χ0v) is 54.1. The molecular weight excluding hydrogens is 1270 g/mol. The van der Waals surface area contributed by atoms with Crippen LogP contribution in [0.1, 0.15) is 49.4 Å². The van der Waals surface area contributed by atoms with E-state index in [-0.39, 0.29) is 100 Å². The van der Waals surface area contributed by atoms with Crippen molar-refractivity contribution in [1.29, 1.82) is 0 Å². The predicted molar refractivity (Wildman–Crippen MR) is 343 cm³/mol. The maximum atomic E-state index is 13.3. The number of aromatic nitrogens is 4. The molecule has 516 valence electrons. The number of carboxylic acids is 4. The molecule has 34 heteroatoms. The van der Waals surface area contributed by atoms with Crippen LogP contribution < -0.4 is 30.7 Å². The van der Waals surface area contributed by atoms with E-state index in [9.17, 15) is 70.8 Å². The lowest BCUT2D eigenvalue weighted by Gasteiger charge is -2.33. The molecule has 2 aromatic heterocycles. The molecule has 3 aromatic carbocycles. The van der Waals surface area contributed by atoms with Crippen molar-refractivity contribution in [2.75, 3.05) is 150 Å². The number of carbonyl (C=O) groups excluding carboxylic acids is 3. The minimum absolute atomic E-state index is 0.00289. The average Bonchev–Trinajstić information content (AvgIpc) is 1.44. The van der Waals surface area contributed by atoms with E-state index in [1.54, 1.807) is 63.4 Å². The van der Waals surface area contributed by atoms with E-state index in [4.69, 9.17) is 14.2 Å². The maximum Gasteiger partial charge on any atom is 0.326 e. The Hall–Kier alpha value is -8.03. The van der Waals surface area contributed by atoms with Gasteiger partial charge in [0.25, 0.3) is 5.91 Å². The van der Waals surface area contributed by atoms with Crippen molar-refractivity contribution in [2.45, 2.75) is 67.4 Å². The summed E-state index contributed by atoms with van der Waals surface area (Å²) in [6.45, 7) is 7.94. The minimum Gasteiger partial charge on any atom is -0.480 e. The van der Waals surface area contributed by atoms with Gasteiger partial charge in [-0.05, 0) is 85.8 Å². The fourth-order valence-corrected chi connectivity index (χ4v) is 12.1. The number of amides is 3. The second kappa shape index (κ2) is 39.0. The number of hydrogen-bond donors (Lipinski definition) is 11. The van der Waals surface area contributed by atoms with Gasteiger partial charge < -0.3 is 65.8 Å². The van der Waals surface area contributed by atoms with Gasteiger partial charge in [0, 0.05) is 128 Å². The van der Waals surface area contributed by atoms with Crippen LogP contribution in [0.3, 0.4) is 0 Å². The van der Waals surface area contributed by atoms with Gasteiger partial charge >= 0.3 is 23.9 Å². The highest BCUT2D eigenvalue weighted by molar-refractivity contribution is 7.89. The largest absolute Gasteiger partial charge is 0.480 e. The van der Waals surface area contributed by atoms with Crippen molar-refractivity contribution in [1.82, 2.24) is 64.7 Å². The number of imidazole rings is 1. The number of nitrogens with one attached hydrogen (secondary N) is 7. The second-order valence-corrected chi connectivity index (χ2v) is 25.5. The summed E-state index contributed by atoms with van der Waals surface area (Å²) in [6.07, 6.45) is 6.27. The summed E-state index contributed by atoms with van der Waals surface area (Å²) in [7, 11) is -8.27. The molecule has 0 bridgehead atoms. The average molecular weight is 1360 g/mol. The highest BCUT2D eigenvalue weighted by Gasteiger charge is 2.28. The van der Waals surface area contributed by atoms with Gasteiger partial charge in [-0.3, -0.25) is 48.1 Å². The fraction of sp³-hybridized carbons (Fsp3) is 0.517. The molecule has 0 saturated carbocycles. The van der Waals surface area contributed by atoms with Crippen molar-refractivity contribution in [2.24, 2.45) is 0 Å². The van der Waals surface area contributed by atoms with Crippen molar-refractivity contribution < 1.29 is 85.0 Å². The number of aromatic amines is 1. The normalized spacial score (nSPS) is 14.9. The van der Waals surface area contributed by atoms with Crippen LogP contribution in [0.25, 0.3) is 22.0 Å². The van der Waals surface area contributed by atoms with E-state index < -0.39 is 80.3 Å². The lowest BCUT2D eigenvalue weighted by molar-refractivity contribution is -0.142. The van der Waals surface area contributed by atoms with Crippen LogP contribution in [0.5, 0.6) is 0 Å². The zero-order valence-electron chi connectivity index (χ0n) is 52.5. The molecule has 0 radical (unpaired) electrons. The van der Waals surface area contributed by atoms with Crippen molar-refractivity contribution in [3.8, 4) is 11.1 Å². The highest BCUT2D eigenvalue weighted by atomic mass is 32.2. The van der Waals surface area contributed by atoms with Gasteiger partial charge in [0.1, 0.15) is 12.1 Å². The molecule has 0 spiro atoms. The number of carbonyl (C=O) groups is 7. The summed E-state index contributed by atoms with van der Waals surface area (Å²) in [4.78, 5) is 100. The van der Waals surface area contributed by atoms with Crippen molar-refractivity contribution >= 4 is 78.5 Å². The summed E-state index contributed by atoms with van der Waals surface area (Å²) in [5, 5.41) is 54.6. The molecular formula is C60H86N14O18S2. The Morgan fingerprint density at radius 3 is 1.69 bits per heavy atom. The molecule has 0 unspecified atom stereocenters. The molecule has 3 amide bonds. The Balaban J connectivity index is 0.787. The van der Waals surface area contributed by atoms with Gasteiger partial charge in [-0.15, -0.1) is 0 Å². The third-order valence-corrected chi connectivity index (χ3v) is 18.0. The number of nitrogens with zero attached hydrogens (tertiary/aromatic N) is 7. The topological polar surface area (TPSA) is 428 Å². The molecule has 0 aliphatic carbocycles. The van der Waals surface area contributed by atoms with E-state index in [0.29, 0.717) is 107 Å². The number of sulfonamides is 2. The number of anilines is 1. The number of ether oxygens (including phenoxy) is 3. The van der Waals surface area contributed by atoms with Crippen LogP contribution in [0.4, 0.5) is 5.95 Å². The monoisotopic (exact) mass is 1350 g/mol. The Kier molecular flexibility index (Phi) is 31.1. The fourth-order valence-electron chi connectivity index (χ4n) is 9.81. The predicted octanol–water partition coefficient (Wildman–Crippen LogP) is 0.0749. The summed E-state index contributed by atoms with van der Waals surface area (Å²) < 4.78 is 75.8. The summed E-state index contributed by atoms with van der Waals surface area (Å²) >= 11 is 0. The lowest BCUT2D eigenvalue weighted by Crippen LogP contribution is -2.50. The van der Waals surface area contributed by atoms with Gasteiger partial charge in [0.2, 0.25) is 31.9 Å². The van der Waals surface area contributed by atoms with Crippen LogP contribution in [0, 0.1) is 0 Å². The number of likely N-dealkylation sites (N-methyl/N-ethyl adjacent to an activating group) is 1. The van der Waals surface area contributed by atoms with Gasteiger partial charge in [-0.1, -0.05) is 31.2 Å². The lowest BCUT2D eigenvalue weighted by atomic mass is 10.1. The molecule has 3 heterocycles. The maximum absolute atomic E-state index is 13.3. The Labute approximate surface area is 545 Å². The van der Waals surface area contributed by atoms with Gasteiger partial charge in [0.15, 0.2) is 5.95 Å². The Bertz CT molecular complexity index is 3450. The van der Waals surface area contributed by atoms with Crippen LogP contribution in [0.15, 0.2) is 95.1 Å². The molecule has 94 heavy (non-hydrogen) atoms. The first-order valence-corrected chi connectivity index (χ1v) is 33.8. The molecule has 32 nitrogen and oxygen atoms in total. The molecule has 1 aliphatic heterocycles. The van der Waals surface area contributed by atoms with Gasteiger partial charge in [0.05, 0.1) is 67.6 Å². The number of H-pyrrole nitrogens is 1. The highest BCUT2D eigenvalue weighted by Crippen LogP contribution is 2.24. The first-order valence-electron chi connectivity index (χ1n) is 30.9. The van der Waals surface area contributed by atoms with Crippen LogP contribution >= 0.6 is 0 Å². The first-order chi connectivity index (χ1) is 45.1. The molecule has 11 N–H and O–H groups in total. The third kappa shape index (κ3) is 26.4. The number of hydrogen-bond acceptors (Lipinski definition) is 21. The molecule has 5 aromatic rings. The van der Waals surface area contributed by atoms with Crippen LogP contribution in [-0.4, -0.2) is 275 Å². The zero-order chi connectivity index (χ0) is 67.9. The minimum atomic E-state index is -4.38. The third-order valence-electron chi connectivity index (χ3n) is 15.0. The standard InChI is InChI=1S/C60H86N14O18S2/c1-2-70-24-26-71(28-29-73(43-56(79)80)31-30-72(27-25-70)42-55(77)78)41-54(76)68-50(58(82)83)15-17-53(75)61-19-4-32-90-34-36-92-37-35-91-33-5-20-67-93(86,87)48-11-6-44(7-12-48)45-8-13-49(14-9-45)94(88,89)69-51(59(84)85)40-65-57(81)46-10-16-52-47(38-46)39-66-74(52)23-3-18-62-60-63-21-22-64-60/h6-14,16,21-22,38-39,50-51,67,69H,2-5,15,17-20,23-37,40-43H2,1H3,(H,61,75)(H,65,81)(H,68,76)(H,77,78)(H,79,80)(H,82,83)(H,84,85)(H2,62,63,64)/t50-,51-/m0/s1. The first kappa shape index (κ1) is 75.0. The van der Waals surface area contributed by atoms with Gasteiger partial charge in [-0.2, -0.15) is 9.82 Å². The number of fused-ring (bicyclic) bond motifs is 1. The van der Waals surface area contributed by atoms with Crippen molar-refractivity contribution in [3.05, 3.63) is 90.9 Å². The molecule has 1 saturated heterocycles. The Morgan fingerprint density at radius 1 is 0.606 bits per heavy atom. The molecule has 1 fully saturated rings. The van der Waals surface area contributed by atoms with Crippen LogP contribution in [-0.2, 0) is 69.6 Å².